The van der Waals surface area contributed by atoms with Gasteiger partial charge in [0.2, 0.25) is 5.43 Å². The van der Waals surface area contributed by atoms with Crippen LogP contribution in [0.15, 0.2) is 40.8 Å². The maximum absolute atomic E-state index is 12.5. The van der Waals surface area contributed by atoms with Crippen LogP contribution in [0, 0.1) is 0 Å². The molecule has 5 nitrogen and oxygen atoms in total. The number of anilines is 1. The van der Waals surface area contributed by atoms with Crippen molar-refractivity contribution < 1.29 is 4.79 Å². The second kappa shape index (κ2) is 5.31. The minimum Gasteiger partial charge on any atom is -0.350 e. The molecule has 0 saturated carbocycles. The van der Waals surface area contributed by atoms with Gasteiger partial charge in [0.1, 0.15) is 5.56 Å². The van der Waals surface area contributed by atoms with Crippen molar-refractivity contribution in [3.63, 3.8) is 0 Å². The molecule has 2 heterocycles. The minimum atomic E-state index is -0.479. The van der Waals surface area contributed by atoms with Crippen LogP contribution in [0.25, 0.3) is 10.9 Å². The zero-order valence-corrected chi connectivity index (χ0v) is 12.5. The lowest BCUT2D eigenvalue weighted by Gasteiger charge is -2.09. The molecule has 0 bridgehead atoms. The average molecular weight is 320 g/mol. The number of nitrogens with zero attached hydrogens (tertiary/aromatic N) is 2. The Morgan fingerprint density at radius 1 is 1.43 bits per heavy atom. The van der Waals surface area contributed by atoms with Crippen LogP contribution < -0.4 is 10.7 Å². The van der Waals surface area contributed by atoms with E-state index in [-0.39, 0.29) is 11.0 Å². The highest BCUT2D eigenvalue weighted by atomic mass is 35.5. The van der Waals surface area contributed by atoms with Crippen molar-refractivity contribution in [1.29, 1.82) is 0 Å². The van der Waals surface area contributed by atoms with E-state index in [1.54, 1.807) is 41.4 Å². The van der Waals surface area contributed by atoms with Gasteiger partial charge in [-0.05, 0) is 18.2 Å². The van der Waals surface area contributed by atoms with E-state index in [2.05, 4.69) is 10.3 Å². The number of rotatable bonds is 2. The summed E-state index contributed by atoms with van der Waals surface area (Å²) in [5, 5.41) is 5.67. The maximum atomic E-state index is 12.5. The molecule has 1 amide bonds. The molecule has 2 aromatic heterocycles. The number of carbonyl (C=O) groups is 1. The Labute approximate surface area is 128 Å². The van der Waals surface area contributed by atoms with Gasteiger partial charge in [-0.1, -0.05) is 11.6 Å². The Kier molecular flexibility index (Phi) is 3.48. The predicted octanol–water partition coefficient (Wildman–Crippen LogP) is 2.90. The van der Waals surface area contributed by atoms with E-state index >= 15 is 0 Å². The third kappa shape index (κ3) is 2.55. The van der Waals surface area contributed by atoms with Gasteiger partial charge < -0.3 is 4.57 Å². The highest BCUT2D eigenvalue weighted by molar-refractivity contribution is 7.13. The number of thiazole rings is 1. The van der Waals surface area contributed by atoms with E-state index in [9.17, 15) is 9.59 Å². The molecule has 0 fully saturated rings. The number of amides is 1. The molecule has 0 saturated heterocycles. The van der Waals surface area contributed by atoms with Gasteiger partial charge in [-0.2, -0.15) is 0 Å². The van der Waals surface area contributed by atoms with Gasteiger partial charge in [0, 0.05) is 35.2 Å². The van der Waals surface area contributed by atoms with Gasteiger partial charge in [-0.3, -0.25) is 14.9 Å². The van der Waals surface area contributed by atoms with Crippen molar-refractivity contribution in [2.75, 3.05) is 5.32 Å². The normalized spacial score (nSPS) is 10.8. The predicted molar refractivity (Wildman–Crippen MR) is 84.3 cm³/mol. The van der Waals surface area contributed by atoms with E-state index in [4.69, 9.17) is 11.6 Å². The summed E-state index contributed by atoms with van der Waals surface area (Å²) < 4.78 is 1.73. The zero-order chi connectivity index (χ0) is 15.0. The van der Waals surface area contributed by atoms with Crippen LogP contribution in [0.1, 0.15) is 10.4 Å². The Hall–Kier alpha value is -2.18. The fraction of sp³-hybridized carbons (Fsp3) is 0.0714. The highest BCUT2D eigenvalue weighted by Gasteiger charge is 2.15. The number of hydrogen-bond donors (Lipinski definition) is 1. The van der Waals surface area contributed by atoms with Crippen molar-refractivity contribution in [3.8, 4) is 0 Å². The maximum Gasteiger partial charge on any atom is 0.262 e. The van der Waals surface area contributed by atoms with Crippen molar-refractivity contribution in [3.05, 3.63) is 56.8 Å². The van der Waals surface area contributed by atoms with Gasteiger partial charge >= 0.3 is 0 Å². The third-order valence-corrected chi connectivity index (χ3v) is 3.97. The number of aryl methyl sites for hydroxylation is 1. The number of aromatic nitrogens is 2. The monoisotopic (exact) mass is 319 g/mol. The minimum absolute atomic E-state index is 0.0578. The molecule has 0 aliphatic rings. The van der Waals surface area contributed by atoms with Crippen molar-refractivity contribution in [2.45, 2.75) is 0 Å². The molecule has 0 unspecified atom stereocenters. The molecule has 0 aliphatic heterocycles. The van der Waals surface area contributed by atoms with Gasteiger partial charge in [0.15, 0.2) is 5.13 Å². The first-order valence-corrected chi connectivity index (χ1v) is 7.32. The number of carbonyl (C=O) groups excluding carboxylic acids is 1. The number of pyridine rings is 1. The number of nitrogens with one attached hydrogen (secondary N) is 1. The molecular formula is C14H10ClN3O2S. The first-order chi connectivity index (χ1) is 10.1. The summed E-state index contributed by atoms with van der Waals surface area (Å²) in [5.74, 6) is -0.479. The first-order valence-electron chi connectivity index (χ1n) is 6.06. The average Bonchev–Trinajstić information content (AvgIpc) is 2.95. The largest absolute Gasteiger partial charge is 0.350 e. The van der Waals surface area contributed by atoms with Gasteiger partial charge in [-0.25, -0.2) is 4.98 Å². The van der Waals surface area contributed by atoms with Crippen LogP contribution in [0.5, 0.6) is 0 Å². The Morgan fingerprint density at radius 3 is 2.95 bits per heavy atom. The first kappa shape index (κ1) is 13.8. The smallest absolute Gasteiger partial charge is 0.262 e. The van der Waals surface area contributed by atoms with Crippen LogP contribution in [-0.4, -0.2) is 15.5 Å². The van der Waals surface area contributed by atoms with E-state index < -0.39 is 5.91 Å². The van der Waals surface area contributed by atoms with Crippen molar-refractivity contribution in [1.82, 2.24) is 9.55 Å². The molecule has 0 aliphatic carbocycles. The standard InChI is InChI=1S/C14H10ClN3O2S/c1-18-7-10(13(20)17-14-16-4-5-21-14)12(19)9-6-8(15)2-3-11(9)18/h2-7H,1H3,(H,16,17,20). The highest BCUT2D eigenvalue weighted by Crippen LogP contribution is 2.17. The number of hydrogen-bond acceptors (Lipinski definition) is 4. The summed E-state index contributed by atoms with van der Waals surface area (Å²) in [6, 6.07) is 5.03. The fourth-order valence-electron chi connectivity index (χ4n) is 2.08. The van der Waals surface area contributed by atoms with Crippen LogP contribution in [0.2, 0.25) is 5.02 Å². The number of halogens is 1. The van der Waals surface area contributed by atoms with Gasteiger partial charge in [0.25, 0.3) is 5.91 Å². The third-order valence-electron chi connectivity index (χ3n) is 3.05. The summed E-state index contributed by atoms with van der Waals surface area (Å²) in [6.45, 7) is 0. The van der Waals surface area contributed by atoms with E-state index in [0.29, 0.717) is 15.5 Å². The molecule has 106 valence electrons. The SMILES string of the molecule is Cn1cc(C(=O)Nc2nccs2)c(=O)c2cc(Cl)ccc21. The Balaban J connectivity index is 2.13. The molecule has 1 aromatic carbocycles. The van der Waals surface area contributed by atoms with Crippen molar-refractivity contribution >= 4 is 44.9 Å². The second-order valence-corrected chi connectivity index (χ2v) is 5.77. The van der Waals surface area contributed by atoms with E-state index in [1.807, 2.05) is 0 Å². The van der Waals surface area contributed by atoms with Crippen LogP contribution in [-0.2, 0) is 7.05 Å². The molecular weight excluding hydrogens is 310 g/mol. The summed E-state index contributed by atoms with van der Waals surface area (Å²) in [4.78, 5) is 28.6. The molecule has 3 aromatic rings. The molecule has 0 spiro atoms. The Morgan fingerprint density at radius 2 is 2.24 bits per heavy atom. The van der Waals surface area contributed by atoms with Crippen molar-refractivity contribution in [2.24, 2.45) is 7.05 Å². The number of benzene rings is 1. The summed E-state index contributed by atoms with van der Waals surface area (Å²) in [5.41, 5.74) is 0.428. The summed E-state index contributed by atoms with van der Waals surface area (Å²) >= 11 is 7.22. The molecule has 0 atom stereocenters. The fourth-order valence-corrected chi connectivity index (χ4v) is 2.77. The number of fused-ring (bicyclic) bond motifs is 1. The van der Waals surface area contributed by atoms with Gasteiger partial charge in [-0.15, -0.1) is 11.3 Å². The Bertz CT molecular complexity index is 887. The van der Waals surface area contributed by atoms with Crippen LogP contribution >= 0.6 is 22.9 Å². The molecule has 1 N–H and O–H groups in total. The lowest BCUT2D eigenvalue weighted by Crippen LogP contribution is -2.23. The van der Waals surface area contributed by atoms with Gasteiger partial charge in [0.05, 0.1) is 5.52 Å². The zero-order valence-electron chi connectivity index (χ0n) is 11.0. The molecule has 0 radical (unpaired) electrons. The van der Waals surface area contributed by atoms with E-state index in [0.717, 1.165) is 5.52 Å². The lowest BCUT2D eigenvalue weighted by atomic mass is 10.1. The molecule has 3 rings (SSSR count). The summed E-state index contributed by atoms with van der Waals surface area (Å²) in [7, 11) is 1.77. The summed E-state index contributed by atoms with van der Waals surface area (Å²) in [6.07, 6.45) is 3.10. The van der Waals surface area contributed by atoms with E-state index in [1.165, 1.54) is 17.5 Å². The molecule has 21 heavy (non-hydrogen) atoms. The lowest BCUT2D eigenvalue weighted by molar-refractivity contribution is 0.102. The second-order valence-electron chi connectivity index (χ2n) is 4.44. The van der Waals surface area contributed by atoms with Crippen LogP contribution in [0.3, 0.4) is 0 Å². The topological polar surface area (TPSA) is 64.0 Å². The molecule has 7 heteroatoms. The van der Waals surface area contributed by atoms with Crippen LogP contribution in [0.4, 0.5) is 5.13 Å². The quantitative estimate of drug-likeness (QED) is 0.790.